The summed E-state index contributed by atoms with van der Waals surface area (Å²) in [5, 5.41) is 17.5. The zero-order valence-electron chi connectivity index (χ0n) is 13.5. The van der Waals surface area contributed by atoms with Crippen molar-refractivity contribution in [3.63, 3.8) is 0 Å². The minimum absolute atomic E-state index is 0.135. The van der Waals surface area contributed by atoms with Crippen LogP contribution in [0.25, 0.3) is 0 Å². The highest BCUT2D eigenvalue weighted by atomic mass is 127. The molecular formula is C15H15IN4O5. The highest BCUT2D eigenvalue weighted by molar-refractivity contribution is 14.1. The van der Waals surface area contributed by atoms with Crippen molar-refractivity contribution < 1.29 is 19.2 Å². The number of nitrogens with zero attached hydrogens (tertiary/aromatic N) is 3. The summed E-state index contributed by atoms with van der Waals surface area (Å²) in [5.74, 6) is -1.19. The van der Waals surface area contributed by atoms with Crippen LogP contribution in [0.5, 0.6) is 0 Å². The molecule has 0 saturated heterocycles. The molecule has 0 aliphatic rings. The third kappa shape index (κ3) is 4.98. The van der Waals surface area contributed by atoms with Crippen LogP contribution in [0.15, 0.2) is 24.3 Å². The monoisotopic (exact) mass is 458 g/mol. The number of rotatable bonds is 6. The lowest BCUT2D eigenvalue weighted by atomic mass is 10.3. The molecule has 0 saturated carbocycles. The molecule has 0 spiro atoms. The molecule has 0 aliphatic carbocycles. The quantitative estimate of drug-likeness (QED) is 0.307. The molecule has 2 aromatic rings. The van der Waals surface area contributed by atoms with Crippen molar-refractivity contribution in [2.75, 3.05) is 11.9 Å². The van der Waals surface area contributed by atoms with Gasteiger partial charge in [0.1, 0.15) is 17.9 Å². The number of carbonyl (C=O) groups is 2. The van der Waals surface area contributed by atoms with E-state index in [1.165, 1.54) is 18.5 Å². The average Bonchev–Trinajstić information content (AvgIpc) is 2.81. The van der Waals surface area contributed by atoms with Gasteiger partial charge in [-0.3, -0.25) is 24.4 Å². The molecule has 0 aliphatic heterocycles. The number of halogens is 1. The second kappa shape index (κ2) is 8.05. The summed E-state index contributed by atoms with van der Waals surface area (Å²) >= 11 is 2.14. The highest BCUT2D eigenvalue weighted by Gasteiger charge is 2.23. The summed E-state index contributed by atoms with van der Waals surface area (Å²) in [7, 11) is 0. The molecule has 1 aromatic heterocycles. The zero-order valence-corrected chi connectivity index (χ0v) is 15.6. The lowest BCUT2D eigenvalue weighted by molar-refractivity contribution is -0.386. The number of nitro groups is 1. The fraction of sp³-hybridized carbons (Fsp3) is 0.267. The van der Waals surface area contributed by atoms with E-state index in [0.29, 0.717) is 5.69 Å². The Morgan fingerprint density at radius 3 is 2.52 bits per heavy atom. The Labute approximate surface area is 156 Å². The summed E-state index contributed by atoms with van der Waals surface area (Å²) < 4.78 is 7.10. The molecule has 0 unspecified atom stereocenters. The van der Waals surface area contributed by atoms with E-state index < -0.39 is 23.4 Å². The summed E-state index contributed by atoms with van der Waals surface area (Å²) in [5.41, 5.74) is 0.925. The first-order chi connectivity index (χ1) is 11.8. The number of aryl methyl sites for hydroxylation is 1. The van der Waals surface area contributed by atoms with E-state index in [0.717, 1.165) is 3.57 Å². The molecule has 1 heterocycles. The number of hydrogen-bond acceptors (Lipinski definition) is 6. The minimum atomic E-state index is -0.710. The van der Waals surface area contributed by atoms with Gasteiger partial charge in [0.2, 0.25) is 0 Å². The number of hydrogen-bond donors (Lipinski definition) is 1. The molecule has 0 bridgehead atoms. The van der Waals surface area contributed by atoms with Gasteiger partial charge < -0.3 is 10.1 Å². The lowest BCUT2D eigenvalue weighted by Gasteiger charge is -2.07. The Balaban J connectivity index is 1.88. The molecule has 0 fully saturated rings. The third-order valence-electron chi connectivity index (χ3n) is 3.30. The average molecular weight is 458 g/mol. The van der Waals surface area contributed by atoms with Gasteiger partial charge in [-0.1, -0.05) is 0 Å². The Morgan fingerprint density at radius 1 is 1.32 bits per heavy atom. The van der Waals surface area contributed by atoms with Crippen molar-refractivity contribution in [1.82, 2.24) is 9.78 Å². The van der Waals surface area contributed by atoms with Gasteiger partial charge in [0.05, 0.1) is 4.92 Å². The maximum Gasteiger partial charge on any atom is 0.328 e. The predicted octanol–water partition coefficient (Wildman–Crippen LogP) is 2.19. The second-order valence-corrected chi connectivity index (χ2v) is 6.40. The van der Waals surface area contributed by atoms with Crippen LogP contribution in [0.4, 0.5) is 11.4 Å². The van der Waals surface area contributed by atoms with Gasteiger partial charge in [-0.15, -0.1) is 0 Å². The van der Waals surface area contributed by atoms with E-state index in [4.69, 9.17) is 4.74 Å². The maximum atomic E-state index is 11.8. The number of ether oxygens (including phenoxy) is 1. The first-order valence-corrected chi connectivity index (χ1v) is 8.25. The van der Waals surface area contributed by atoms with Crippen LogP contribution < -0.4 is 5.32 Å². The van der Waals surface area contributed by atoms with Crippen LogP contribution in [-0.4, -0.2) is 33.2 Å². The van der Waals surface area contributed by atoms with Crippen molar-refractivity contribution in [3.05, 3.63) is 49.3 Å². The normalized spacial score (nSPS) is 10.4. The number of carbonyl (C=O) groups excluding carboxylic acids is 2. The second-order valence-electron chi connectivity index (χ2n) is 5.15. The predicted molar refractivity (Wildman–Crippen MR) is 97.1 cm³/mol. The van der Waals surface area contributed by atoms with Gasteiger partial charge in [-0.25, -0.2) is 0 Å². The number of amides is 1. The summed E-state index contributed by atoms with van der Waals surface area (Å²) in [6, 6.07) is 7.13. The smallest absolute Gasteiger partial charge is 0.328 e. The van der Waals surface area contributed by atoms with E-state index in [9.17, 15) is 19.7 Å². The Bertz CT molecular complexity index is 816. The van der Waals surface area contributed by atoms with Gasteiger partial charge in [-0.05, 0) is 60.7 Å². The molecule has 1 amide bonds. The van der Waals surface area contributed by atoms with Crippen LogP contribution in [-0.2, 0) is 20.9 Å². The van der Waals surface area contributed by atoms with Crippen LogP contribution in [0.3, 0.4) is 0 Å². The number of esters is 1. The lowest BCUT2D eigenvalue weighted by Crippen LogP contribution is -2.23. The van der Waals surface area contributed by atoms with Crippen molar-refractivity contribution in [3.8, 4) is 0 Å². The number of anilines is 1. The fourth-order valence-electron chi connectivity index (χ4n) is 2.15. The third-order valence-corrected chi connectivity index (χ3v) is 4.02. The van der Waals surface area contributed by atoms with Crippen molar-refractivity contribution in [1.29, 1.82) is 0 Å². The molecular weight excluding hydrogens is 443 g/mol. The van der Waals surface area contributed by atoms with Gasteiger partial charge in [0, 0.05) is 9.26 Å². The topological polar surface area (TPSA) is 116 Å². The largest absolute Gasteiger partial charge is 0.454 e. The molecule has 9 nitrogen and oxygen atoms in total. The fourth-order valence-corrected chi connectivity index (χ4v) is 2.51. The first kappa shape index (κ1) is 18.8. The number of nitrogens with one attached hydrogen (secondary N) is 1. The number of aromatic nitrogens is 2. The van der Waals surface area contributed by atoms with Crippen LogP contribution in [0, 0.1) is 27.5 Å². The highest BCUT2D eigenvalue weighted by Crippen LogP contribution is 2.21. The Kier molecular flexibility index (Phi) is 6.07. The van der Waals surface area contributed by atoms with E-state index in [1.807, 2.05) is 12.1 Å². The van der Waals surface area contributed by atoms with Crippen LogP contribution in [0.2, 0.25) is 0 Å². The van der Waals surface area contributed by atoms with Gasteiger partial charge in [0.25, 0.3) is 5.91 Å². The standard InChI is InChI=1S/C15H15IN4O5/c1-9-15(20(23)24)10(2)19(18-9)7-14(22)25-8-13(21)17-12-5-3-11(16)4-6-12/h3-6H,7-8H2,1-2H3,(H,17,21). The number of benzene rings is 1. The molecule has 0 atom stereocenters. The van der Waals surface area contributed by atoms with E-state index >= 15 is 0 Å². The zero-order chi connectivity index (χ0) is 18.6. The van der Waals surface area contributed by atoms with Crippen molar-refractivity contribution in [2.24, 2.45) is 0 Å². The van der Waals surface area contributed by atoms with Crippen LogP contribution >= 0.6 is 22.6 Å². The van der Waals surface area contributed by atoms with Gasteiger partial charge >= 0.3 is 11.7 Å². The molecule has 1 N–H and O–H groups in total. The summed E-state index contributed by atoms with van der Waals surface area (Å²) in [6.45, 7) is 2.22. The van der Waals surface area contributed by atoms with Gasteiger partial charge in [0.15, 0.2) is 6.61 Å². The van der Waals surface area contributed by atoms with Crippen molar-refractivity contribution in [2.45, 2.75) is 20.4 Å². The van der Waals surface area contributed by atoms with E-state index in [1.54, 1.807) is 12.1 Å². The Morgan fingerprint density at radius 2 is 1.96 bits per heavy atom. The molecule has 0 radical (unpaired) electrons. The first-order valence-electron chi connectivity index (χ1n) is 7.17. The van der Waals surface area contributed by atoms with Gasteiger partial charge in [-0.2, -0.15) is 5.10 Å². The maximum absolute atomic E-state index is 11.8. The molecule has 25 heavy (non-hydrogen) atoms. The minimum Gasteiger partial charge on any atom is -0.454 e. The summed E-state index contributed by atoms with van der Waals surface area (Å²) in [4.78, 5) is 34.0. The van der Waals surface area contributed by atoms with E-state index in [2.05, 4.69) is 33.0 Å². The SMILES string of the molecule is Cc1nn(CC(=O)OCC(=O)Nc2ccc(I)cc2)c(C)c1[N+](=O)[O-]. The summed E-state index contributed by atoms with van der Waals surface area (Å²) in [6.07, 6.45) is 0. The van der Waals surface area contributed by atoms with E-state index in [-0.39, 0.29) is 23.6 Å². The molecule has 132 valence electrons. The van der Waals surface area contributed by atoms with Crippen molar-refractivity contribution >= 4 is 45.8 Å². The Hall–Kier alpha value is -2.50. The molecule has 2 rings (SSSR count). The van der Waals surface area contributed by atoms with Crippen LogP contribution in [0.1, 0.15) is 11.4 Å². The molecule has 1 aromatic carbocycles. The molecule has 10 heteroatoms.